The summed E-state index contributed by atoms with van der Waals surface area (Å²) < 4.78 is 10.8. The van der Waals surface area contributed by atoms with Crippen LogP contribution in [0.5, 0.6) is 0 Å². The fourth-order valence-electron chi connectivity index (χ4n) is 4.01. The first-order valence-electron chi connectivity index (χ1n) is 9.72. The molecule has 0 radical (unpaired) electrons. The Morgan fingerprint density at radius 1 is 1.23 bits per heavy atom. The number of ether oxygens (including phenoxy) is 2. The van der Waals surface area contributed by atoms with E-state index in [1.54, 1.807) is 0 Å². The second-order valence-corrected chi connectivity index (χ2v) is 7.37. The summed E-state index contributed by atoms with van der Waals surface area (Å²) in [5.74, 6) is 0.0738. The Bertz CT molecular complexity index is 602. The molecular formula is C21H29NO4. The maximum absolute atomic E-state index is 12.7. The highest BCUT2D eigenvalue weighted by molar-refractivity contribution is 5.81. The maximum atomic E-state index is 12.7. The predicted octanol–water partition coefficient (Wildman–Crippen LogP) is 2.83. The molecule has 2 saturated heterocycles. The second kappa shape index (κ2) is 8.67. The van der Waals surface area contributed by atoms with Crippen molar-refractivity contribution < 1.29 is 19.1 Å². The first kappa shape index (κ1) is 18.9. The highest BCUT2D eigenvalue weighted by Gasteiger charge is 2.44. The van der Waals surface area contributed by atoms with Crippen LogP contribution in [0.4, 0.5) is 0 Å². The van der Waals surface area contributed by atoms with Crippen LogP contribution in [-0.2, 0) is 25.5 Å². The van der Waals surface area contributed by atoms with Gasteiger partial charge in [-0.15, -0.1) is 0 Å². The summed E-state index contributed by atoms with van der Waals surface area (Å²) >= 11 is 0. The fourth-order valence-corrected chi connectivity index (χ4v) is 4.01. The minimum absolute atomic E-state index is 0.00517. The Kier molecular flexibility index (Phi) is 6.30. The van der Waals surface area contributed by atoms with Crippen molar-refractivity contribution in [3.05, 3.63) is 35.9 Å². The van der Waals surface area contributed by atoms with Crippen LogP contribution in [0, 0.1) is 11.3 Å². The summed E-state index contributed by atoms with van der Waals surface area (Å²) in [6.07, 6.45) is 3.79. The number of hydrogen-bond acceptors (Lipinski definition) is 4. The summed E-state index contributed by atoms with van der Waals surface area (Å²) in [6.45, 7) is 4.71. The summed E-state index contributed by atoms with van der Waals surface area (Å²) in [7, 11) is 0. The smallest absolute Gasteiger partial charge is 0.312 e. The highest BCUT2D eigenvalue weighted by atomic mass is 16.5. The SMILES string of the molecule is CCOC(=O)C1(CCc2ccccc2)CCN(C(=O)C2CCOC2)CC1. The first-order chi connectivity index (χ1) is 12.6. The van der Waals surface area contributed by atoms with Crippen molar-refractivity contribution in [2.24, 2.45) is 11.3 Å². The lowest BCUT2D eigenvalue weighted by atomic mass is 9.74. The average Bonchev–Trinajstić information content (AvgIpc) is 3.22. The predicted molar refractivity (Wildman–Crippen MR) is 98.6 cm³/mol. The van der Waals surface area contributed by atoms with Gasteiger partial charge in [0, 0.05) is 19.7 Å². The van der Waals surface area contributed by atoms with Crippen LogP contribution in [0.1, 0.15) is 38.2 Å². The Morgan fingerprint density at radius 2 is 1.96 bits per heavy atom. The number of benzene rings is 1. The number of rotatable bonds is 6. The normalized spacial score (nSPS) is 22.2. The molecule has 26 heavy (non-hydrogen) atoms. The molecule has 0 saturated carbocycles. The third kappa shape index (κ3) is 4.26. The largest absolute Gasteiger partial charge is 0.466 e. The monoisotopic (exact) mass is 359 g/mol. The lowest BCUT2D eigenvalue weighted by Gasteiger charge is -2.40. The molecule has 2 fully saturated rings. The summed E-state index contributed by atoms with van der Waals surface area (Å²) in [6, 6.07) is 10.2. The van der Waals surface area contributed by atoms with Crippen LogP contribution >= 0.6 is 0 Å². The van der Waals surface area contributed by atoms with E-state index in [2.05, 4.69) is 12.1 Å². The molecule has 0 bridgehead atoms. The van der Waals surface area contributed by atoms with E-state index in [4.69, 9.17) is 9.47 Å². The zero-order valence-electron chi connectivity index (χ0n) is 15.6. The van der Waals surface area contributed by atoms with Crippen LogP contribution < -0.4 is 0 Å². The maximum Gasteiger partial charge on any atom is 0.312 e. The summed E-state index contributed by atoms with van der Waals surface area (Å²) in [5, 5.41) is 0. The zero-order chi connectivity index (χ0) is 18.4. The Balaban J connectivity index is 1.64. The molecule has 0 N–H and O–H groups in total. The van der Waals surface area contributed by atoms with Gasteiger partial charge in [-0.2, -0.15) is 0 Å². The molecule has 0 spiro atoms. The van der Waals surface area contributed by atoms with Gasteiger partial charge in [0.15, 0.2) is 0 Å². The zero-order valence-corrected chi connectivity index (χ0v) is 15.6. The lowest BCUT2D eigenvalue weighted by Crippen LogP contribution is -2.49. The van der Waals surface area contributed by atoms with Crippen LogP contribution in [0.2, 0.25) is 0 Å². The van der Waals surface area contributed by atoms with Crippen molar-refractivity contribution in [2.45, 2.75) is 39.0 Å². The number of carbonyl (C=O) groups excluding carboxylic acids is 2. The number of carbonyl (C=O) groups is 2. The van der Waals surface area contributed by atoms with E-state index in [1.807, 2.05) is 30.0 Å². The number of aryl methyl sites for hydroxylation is 1. The van der Waals surface area contributed by atoms with Gasteiger partial charge in [0.2, 0.25) is 5.91 Å². The molecule has 1 aromatic rings. The molecule has 1 amide bonds. The molecule has 1 aromatic carbocycles. The molecule has 2 heterocycles. The third-order valence-electron chi connectivity index (χ3n) is 5.75. The van der Waals surface area contributed by atoms with E-state index >= 15 is 0 Å². The minimum Gasteiger partial charge on any atom is -0.466 e. The second-order valence-electron chi connectivity index (χ2n) is 7.37. The molecule has 2 aliphatic heterocycles. The number of hydrogen-bond donors (Lipinski definition) is 0. The Hall–Kier alpha value is -1.88. The van der Waals surface area contributed by atoms with Gasteiger partial charge in [0.05, 0.1) is 24.5 Å². The quantitative estimate of drug-likeness (QED) is 0.733. The lowest BCUT2D eigenvalue weighted by molar-refractivity contribution is -0.161. The van der Waals surface area contributed by atoms with Crippen molar-refractivity contribution >= 4 is 11.9 Å². The average molecular weight is 359 g/mol. The van der Waals surface area contributed by atoms with E-state index < -0.39 is 5.41 Å². The standard InChI is InChI=1S/C21H29NO4/c1-2-26-20(24)21(10-8-17-6-4-3-5-7-17)11-13-22(14-12-21)19(23)18-9-15-25-16-18/h3-7,18H,2,8-16H2,1H3. The van der Waals surface area contributed by atoms with Crippen molar-refractivity contribution in [3.63, 3.8) is 0 Å². The number of amides is 1. The number of piperidine rings is 1. The molecule has 5 nitrogen and oxygen atoms in total. The van der Waals surface area contributed by atoms with Crippen molar-refractivity contribution in [3.8, 4) is 0 Å². The van der Waals surface area contributed by atoms with E-state index in [1.165, 1.54) is 5.56 Å². The van der Waals surface area contributed by atoms with Crippen LogP contribution in [0.15, 0.2) is 30.3 Å². The molecule has 1 atom stereocenters. The van der Waals surface area contributed by atoms with Gasteiger partial charge in [-0.1, -0.05) is 30.3 Å². The summed E-state index contributed by atoms with van der Waals surface area (Å²) in [4.78, 5) is 27.3. The van der Waals surface area contributed by atoms with E-state index in [0.717, 1.165) is 19.3 Å². The first-order valence-corrected chi connectivity index (χ1v) is 9.72. The van der Waals surface area contributed by atoms with Crippen molar-refractivity contribution in [1.29, 1.82) is 0 Å². The van der Waals surface area contributed by atoms with Gasteiger partial charge in [0.1, 0.15) is 0 Å². The number of nitrogens with zero attached hydrogens (tertiary/aromatic N) is 1. The Labute approximate surface area is 155 Å². The number of likely N-dealkylation sites (tertiary alicyclic amines) is 1. The van der Waals surface area contributed by atoms with Crippen LogP contribution in [-0.4, -0.2) is 49.7 Å². The molecule has 142 valence electrons. The van der Waals surface area contributed by atoms with E-state index in [0.29, 0.717) is 45.8 Å². The van der Waals surface area contributed by atoms with Gasteiger partial charge in [0.25, 0.3) is 0 Å². The molecule has 3 rings (SSSR count). The van der Waals surface area contributed by atoms with Gasteiger partial charge >= 0.3 is 5.97 Å². The van der Waals surface area contributed by atoms with Gasteiger partial charge in [-0.3, -0.25) is 9.59 Å². The molecule has 1 unspecified atom stereocenters. The minimum atomic E-state index is -0.477. The van der Waals surface area contributed by atoms with Gasteiger partial charge < -0.3 is 14.4 Å². The van der Waals surface area contributed by atoms with E-state index in [-0.39, 0.29) is 17.8 Å². The topological polar surface area (TPSA) is 55.8 Å². The fraction of sp³-hybridized carbons (Fsp3) is 0.619. The Morgan fingerprint density at radius 3 is 2.58 bits per heavy atom. The molecule has 0 aliphatic carbocycles. The van der Waals surface area contributed by atoms with Gasteiger partial charge in [-0.25, -0.2) is 0 Å². The molecule has 2 aliphatic rings. The van der Waals surface area contributed by atoms with Crippen LogP contribution in [0.25, 0.3) is 0 Å². The summed E-state index contributed by atoms with van der Waals surface area (Å²) in [5.41, 5.74) is 0.757. The van der Waals surface area contributed by atoms with Gasteiger partial charge in [-0.05, 0) is 44.6 Å². The van der Waals surface area contributed by atoms with Crippen molar-refractivity contribution in [1.82, 2.24) is 4.90 Å². The van der Waals surface area contributed by atoms with E-state index in [9.17, 15) is 9.59 Å². The molecule has 0 aromatic heterocycles. The van der Waals surface area contributed by atoms with Crippen molar-refractivity contribution in [2.75, 3.05) is 32.9 Å². The third-order valence-corrected chi connectivity index (χ3v) is 5.75. The van der Waals surface area contributed by atoms with Crippen LogP contribution in [0.3, 0.4) is 0 Å². The highest BCUT2D eigenvalue weighted by Crippen LogP contribution is 2.38. The molecular weight excluding hydrogens is 330 g/mol. The number of esters is 1. The molecule has 5 heteroatoms.